The summed E-state index contributed by atoms with van der Waals surface area (Å²) in [6.45, 7) is 4.92. The van der Waals surface area contributed by atoms with E-state index in [1.165, 1.54) is 7.11 Å². The highest BCUT2D eigenvalue weighted by atomic mass is 19.4. The van der Waals surface area contributed by atoms with E-state index in [0.29, 0.717) is 30.7 Å². The van der Waals surface area contributed by atoms with Crippen molar-refractivity contribution in [2.75, 3.05) is 20.2 Å². The summed E-state index contributed by atoms with van der Waals surface area (Å²) in [5.74, 6) is 0.408. The van der Waals surface area contributed by atoms with Crippen molar-refractivity contribution in [1.82, 2.24) is 4.90 Å². The summed E-state index contributed by atoms with van der Waals surface area (Å²) in [5.41, 5.74) is -3.65. The number of rotatable bonds is 5. The molecule has 1 saturated heterocycles. The number of β-amino-alcohol motifs (C(OH)–C–C–N with tert-alkyl or cyclic N) is 1. The molecule has 1 heterocycles. The molecule has 0 bridgehead atoms. The quantitative estimate of drug-likeness (QED) is 0.602. The number of benzene rings is 2. The summed E-state index contributed by atoms with van der Waals surface area (Å²) in [6.07, 6.45) is -9.62. The van der Waals surface area contributed by atoms with Gasteiger partial charge in [0, 0.05) is 12.1 Å². The van der Waals surface area contributed by atoms with Crippen molar-refractivity contribution in [3.8, 4) is 5.75 Å². The highest BCUT2D eigenvalue weighted by molar-refractivity contribution is 5.43. The van der Waals surface area contributed by atoms with Crippen molar-refractivity contribution >= 4 is 0 Å². The summed E-state index contributed by atoms with van der Waals surface area (Å²) < 4.78 is 85.6. The minimum Gasteiger partial charge on any atom is -0.496 e. The Balaban J connectivity index is 2.15. The highest BCUT2D eigenvalue weighted by Crippen LogP contribution is 2.41. The van der Waals surface area contributed by atoms with E-state index in [2.05, 4.69) is 6.92 Å². The standard InChI is InChI=1S/C23H24F6NO2/c1-21(30-9-5-6-18(31)14-30,19-7-3-4-8-20(19)32-2)13-15-10-16(22(24,25)26)12-17(11-15)23(27,28)29/h3-4,7-8,10-12,18,31H,1,5-6,9,13-14H2,2H3. The first kappa shape index (κ1) is 24.4. The highest BCUT2D eigenvalue weighted by Gasteiger charge is 2.41. The number of nitrogens with zero attached hydrogens (tertiary/aromatic N) is 1. The van der Waals surface area contributed by atoms with E-state index in [4.69, 9.17) is 4.74 Å². The average Bonchev–Trinajstić information content (AvgIpc) is 2.72. The van der Waals surface area contributed by atoms with Crippen molar-refractivity contribution in [3.63, 3.8) is 0 Å². The normalized spacial score (nSPS) is 20.1. The minimum atomic E-state index is -4.94. The molecule has 1 aliphatic heterocycles. The summed E-state index contributed by atoms with van der Waals surface area (Å²) in [7, 11) is 1.43. The third-order valence-electron chi connectivity index (χ3n) is 5.75. The lowest BCUT2D eigenvalue weighted by Gasteiger charge is -2.45. The number of halogens is 6. The number of aliphatic hydroxyl groups excluding tert-OH is 1. The zero-order chi connectivity index (χ0) is 23.7. The van der Waals surface area contributed by atoms with Gasteiger partial charge < -0.3 is 9.84 Å². The van der Waals surface area contributed by atoms with Crippen LogP contribution in [-0.2, 0) is 24.3 Å². The Hall–Kier alpha value is -2.26. The third kappa shape index (κ3) is 5.20. The van der Waals surface area contributed by atoms with Crippen LogP contribution in [0.3, 0.4) is 0 Å². The van der Waals surface area contributed by atoms with Gasteiger partial charge in [0.2, 0.25) is 0 Å². The maximum Gasteiger partial charge on any atom is 0.416 e. The molecule has 2 atom stereocenters. The summed E-state index contributed by atoms with van der Waals surface area (Å²) >= 11 is 0. The molecule has 3 rings (SSSR count). The van der Waals surface area contributed by atoms with Crippen LogP contribution in [0, 0.1) is 6.92 Å². The van der Waals surface area contributed by atoms with Crippen molar-refractivity contribution in [2.24, 2.45) is 0 Å². The van der Waals surface area contributed by atoms with Crippen LogP contribution in [0.1, 0.15) is 35.1 Å². The maximum absolute atomic E-state index is 13.4. The molecule has 1 radical (unpaired) electrons. The fourth-order valence-electron chi connectivity index (χ4n) is 4.21. The van der Waals surface area contributed by atoms with Gasteiger partial charge in [-0.2, -0.15) is 26.3 Å². The molecule has 32 heavy (non-hydrogen) atoms. The number of ether oxygens (including phenoxy) is 1. The van der Waals surface area contributed by atoms with E-state index in [9.17, 15) is 31.4 Å². The predicted octanol–water partition coefficient (Wildman–Crippen LogP) is 5.46. The molecule has 1 N–H and O–H groups in total. The van der Waals surface area contributed by atoms with Crippen LogP contribution in [0.15, 0.2) is 42.5 Å². The van der Waals surface area contributed by atoms with Gasteiger partial charge in [0.15, 0.2) is 0 Å². The number of piperidine rings is 1. The molecule has 2 aromatic rings. The molecule has 1 aliphatic rings. The first-order valence-corrected chi connectivity index (χ1v) is 10.0. The molecule has 3 nitrogen and oxygen atoms in total. The number of hydrogen-bond donors (Lipinski definition) is 1. The van der Waals surface area contributed by atoms with Crippen LogP contribution >= 0.6 is 0 Å². The number of likely N-dealkylation sites (tertiary alicyclic amines) is 1. The Bertz CT molecular complexity index is 911. The topological polar surface area (TPSA) is 32.7 Å². The van der Waals surface area contributed by atoms with Crippen LogP contribution in [-0.4, -0.2) is 36.3 Å². The van der Waals surface area contributed by atoms with Gasteiger partial charge in [-0.1, -0.05) is 18.2 Å². The summed E-state index contributed by atoms with van der Waals surface area (Å²) in [6, 6.07) is 8.32. The van der Waals surface area contributed by atoms with Gasteiger partial charge >= 0.3 is 12.4 Å². The fourth-order valence-corrected chi connectivity index (χ4v) is 4.21. The Kier molecular flexibility index (Phi) is 6.81. The van der Waals surface area contributed by atoms with E-state index < -0.39 is 35.1 Å². The number of aliphatic hydroxyl groups is 1. The van der Waals surface area contributed by atoms with E-state index in [-0.39, 0.29) is 24.6 Å². The Morgan fingerprint density at radius 1 is 1.03 bits per heavy atom. The van der Waals surface area contributed by atoms with Gasteiger partial charge in [-0.05, 0) is 62.6 Å². The SMILES string of the molecule is [CH2]C(Cc1cc(C(F)(F)F)cc(C(F)(F)F)c1)(c1ccccc1OC)N1CCCC(O)C1. The molecule has 0 saturated carbocycles. The Morgan fingerprint density at radius 3 is 2.16 bits per heavy atom. The van der Waals surface area contributed by atoms with Crippen molar-refractivity contribution in [3.05, 3.63) is 71.6 Å². The smallest absolute Gasteiger partial charge is 0.416 e. The van der Waals surface area contributed by atoms with Crippen LogP contribution in [0.4, 0.5) is 26.3 Å². The van der Waals surface area contributed by atoms with Crippen molar-refractivity contribution < 1.29 is 36.2 Å². The number of methoxy groups -OCH3 is 1. The predicted molar refractivity (Wildman–Crippen MR) is 107 cm³/mol. The van der Waals surface area contributed by atoms with E-state index in [1.807, 2.05) is 0 Å². The molecule has 9 heteroatoms. The second kappa shape index (κ2) is 8.94. The lowest BCUT2D eigenvalue weighted by atomic mass is 9.81. The van der Waals surface area contributed by atoms with Gasteiger partial charge in [0.25, 0.3) is 0 Å². The van der Waals surface area contributed by atoms with Crippen LogP contribution in [0.2, 0.25) is 0 Å². The number of para-hydroxylation sites is 1. The molecule has 0 spiro atoms. The summed E-state index contributed by atoms with van der Waals surface area (Å²) in [5, 5.41) is 10.2. The minimum absolute atomic E-state index is 0.113. The molecule has 175 valence electrons. The maximum atomic E-state index is 13.4. The van der Waals surface area contributed by atoms with Crippen LogP contribution in [0.5, 0.6) is 5.75 Å². The average molecular weight is 460 g/mol. The first-order valence-electron chi connectivity index (χ1n) is 10.0. The Labute approximate surface area is 182 Å². The lowest BCUT2D eigenvalue weighted by Crippen LogP contribution is -2.52. The largest absolute Gasteiger partial charge is 0.496 e. The molecule has 0 aromatic heterocycles. The molecular weight excluding hydrogens is 436 g/mol. The van der Waals surface area contributed by atoms with Crippen molar-refractivity contribution in [2.45, 2.75) is 43.3 Å². The molecule has 0 aliphatic carbocycles. The van der Waals surface area contributed by atoms with Crippen LogP contribution in [0.25, 0.3) is 0 Å². The van der Waals surface area contributed by atoms with Gasteiger partial charge in [-0.15, -0.1) is 0 Å². The van der Waals surface area contributed by atoms with E-state index in [0.717, 1.165) is 12.1 Å². The lowest BCUT2D eigenvalue weighted by molar-refractivity contribution is -0.143. The Morgan fingerprint density at radius 2 is 1.62 bits per heavy atom. The van der Waals surface area contributed by atoms with Crippen molar-refractivity contribution in [1.29, 1.82) is 0 Å². The molecule has 2 unspecified atom stereocenters. The molecule has 2 aromatic carbocycles. The first-order chi connectivity index (χ1) is 14.8. The van der Waals surface area contributed by atoms with Gasteiger partial charge in [0.05, 0.1) is 29.9 Å². The second-order valence-electron chi connectivity index (χ2n) is 8.06. The monoisotopic (exact) mass is 460 g/mol. The molecular formula is C23H24F6NO2. The number of hydrogen-bond acceptors (Lipinski definition) is 3. The molecule has 0 amide bonds. The van der Waals surface area contributed by atoms with Crippen LogP contribution < -0.4 is 4.74 Å². The third-order valence-corrected chi connectivity index (χ3v) is 5.75. The number of alkyl halides is 6. The second-order valence-corrected chi connectivity index (χ2v) is 8.06. The van der Waals surface area contributed by atoms with Gasteiger partial charge in [-0.3, -0.25) is 4.90 Å². The molecule has 1 fully saturated rings. The van der Waals surface area contributed by atoms with E-state index >= 15 is 0 Å². The fraction of sp³-hybridized carbons (Fsp3) is 0.435. The van der Waals surface area contributed by atoms with Gasteiger partial charge in [0.1, 0.15) is 5.75 Å². The zero-order valence-electron chi connectivity index (χ0n) is 17.4. The van der Waals surface area contributed by atoms with E-state index in [1.54, 1.807) is 29.2 Å². The van der Waals surface area contributed by atoms with Gasteiger partial charge in [-0.25, -0.2) is 0 Å². The zero-order valence-corrected chi connectivity index (χ0v) is 17.4. The summed E-state index contributed by atoms with van der Waals surface area (Å²) in [4.78, 5) is 1.80.